The van der Waals surface area contributed by atoms with Gasteiger partial charge in [-0.1, -0.05) is 20.3 Å². The summed E-state index contributed by atoms with van der Waals surface area (Å²) in [5, 5.41) is 13.1. The zero-order chi connectivity index (χ0) is 15.3. The molecule has 2 saturated carbocycles. The van der Waals surface area contributed by atoms with E-state index in [4.69, 9.17) is 0 Å². The van der Waals surface area contributed by atoms with Gasteiger partial charge in [-0.15, -0.1) is 0 Å². The van der Waals surface area contributed by atoms with Gasteiger partial charge in [0.05, 0.1) is 6.07 Å². The maximum atomic E-state index is 9.62. The van der Waals surface area contributed by atoms with E-state index in [0.29, 0.717) is 6.04 Å². The van der Waals surface area contributed by atoms with E-state index >= 15 is 0 Å². The van der Waals surface area contributed by atoms with E-state index in [-0.39, 0.29) is 5.54 Å². The van der Waals surface area contributed by atoms with Crippen LogP contribution < -0.4 is 5.32 Å². The fourth-order valence-electron chi connectivity index (χ4n) is 4.49. The number of rotatable bonds is 5. The Bertz CT molecular complexity index is 350. The summed E-state index contributed by atoms with van der Waals surface area (Å²) in [4.78, 5) is 2.62. The molecule has 1 N–H and O–H groups in total. The lowest BCUT2D eigenvalue weighted by molar-refractivity contribution is 0.0769. The fraction of sp³-hybridized carbons (Fsp3) is 0.944. The van der Waals surface area contributed by atoms with Crippen LogP contribution in [0.1, 0.15) is 71.6 Å². The summed E-state index contributed by atoms with van der Waals surface area (Å²) in [6.45, 7) is 5.33. The first-order valence-corrected chi connectivity index (χ1v) is 9.02. The molecule has 120 valence electrons. The highest BCUT2D eigenvalue weighted by atomic mass is 15.2. The van der Waals surface area contributed by atoms with Gasteiger partial charge in [-0.05, 0) is 70.9 Å². The molecule has 0 radical (unpaired) electrons. The van der Waals surface area contributed by atoms with Crippen LogP contribution >= 0.6 is 0 Å². The van der Waals surface area contributed by atoms with Crippen molar-refractivity contribution in [3.05, 3.63) is 0 Å². The van der Waals surface area contributed by atoms with E-state index in [2.05, 4.69) is 37.2 Å². The quantitative estimate of drug-likeness (QED) is 0.839. The highest BCUT2D eigenvalue weighted by Crippen LogP contribution is 2.35. The lowest BCUT2D eigenvalue weighted by Crippen LogP contribution is -2.54. The lowest BCUT2D eigenvalue weighted by Gasteiger charge is -2.44. The first-order chi connectivity index (χ1) is 10.1. The molecule has 3 heteroatoms. The second-order valence-corrected chi connectivity index (χ2v) is 7.22. The van der Waals surface area contributed by atoms with Crippen molar-refractivity contribution in [3.8, 4) is 6.07 Å². The molecule has 2 aliphatic carbocycles. The second-order valence-electron chi connectivity index (χ2n) is 7.22. The molecule has 0 aromatic heterocycles. The summed E-state index contributed by atoms with van der Waals surface area (Å²) in [6, 6.07) is 3.91. The number of nitrogens with zero attached hydrogens (tertiary/aromatic N) is 2. The Morgan fingerprint density at radius 3 is 2.43 bits per heavy atom. The van der Waals surface area contributed by atoms with Gasteiger partial charge in [0.15, 0.2) is 0 Å². The van der Waals surface area contributed by atoms with E-state index < -0.39 is 0 Å². The Labute approximate surface area is 131 Å². The molecule has 0 spiro atoms. The largest absolute Gasteiger partial charge is 0.300 e. The number of hydrogen-bond donors (Lipinski definition) is 1. The molecule has 0 bridgehead atoms. The van der Waals surface area contributed by atoms with Crippen LogP contribution in [0.25, 0.3) is 0 Å². The SMILES string of the molecule is CCNC1(C#N)CCCC(N(C)C2CCC(CC)CC2)C1. The molecule has 0 aromatic carbocycles. The molecule has 3 nitrogen and oxygen atoms in total. The van der Waals surface area contributed by atoms with Crippen LogP contribution in [-0.2, 0) is 0 Å². The van der Waals surface area contributed by atoms with E-state index in [1.54, 1.807) is 0 Å². The van der Waals surface area contributed by atoms with Crippen molar-refractivity contribution in [2.75, 3.05) is 13.6 Å². The van der Waals surface area contributed by atoms with Crippen LogP contribution in [0.2, 0.25) is 0 Å². The van der Waals surface area contributed by atoms with Crippen molar-refractivity contribution in [1.82, 2.24) is 10.2 Å². The molecule has 2 rings (SSSR count). The third kappa shape index (κ3) is 3.99. The highest BCUT2D eigenvalue weighted by molar-refractivity contribution is 5.11. The minimum Gasteiger partial charge on any atom is -0.300 e. The summed E-state index contributed by atoms with van der Waals surface area (Å²) in [7, 11) is 2.31. The average molecular weight is 291 g/mol. The van der Waals surface area contributed by atoms with E-state index in [1.807, 2.05) is 0 Å². The summed E-state index contributed by atoms with van der Waals surface area (Å²) in [5.74, 6) is 0.959. The molecule has 2 unspecified atom stereocenters. The average Bonchev–Trinajstić information content (AvgIpc) is 2.55. The van der Waals surface area contributed by atoms with Crippen molar-refractivity contribution in [1.29, 1.82) is 5.26 Å². The Morgan fingerprint density at radius 1 is 1.14 bits per heavy atom. The molecule has 0 aromatic rings. The Balaban J connectivity index is 1.93. The van der Waals surface area contributed by atoms with Crippen LogP contribution in [0, 0.1) is 17.2 Å². The monoisotopic (exact) mass is 291 g/mol. The molecule has 21 heavy (non-hydrogen) atoms. The van der Waals surface area contributed by atoms with E-state index in [9.17, 15) is 5.26 Å². The molecular weight excluding hydrogens is 258 g/mol. The third-order valence-corrected chi connectivity index (χ3v) is 6.00. The maximum Gasteiger partial charge on any atom is 0.108 e. The minimum absolute atomic E-state index is 0.271. The van der Waals surface area contributed by atoms with Gasteiger partial charge in [0.2, 0.25) is 0 Å². The lowest BCUT2D eigenvalue weighted by atomic mass is 9.77. The van der Waals surface area contributed by atoms with Crippen LogP contribution in [0.3, 0.4) is 0 Å². The number of hydrogen-bond acceptors (Lipinski definition) is 3. The van der Waals surface area contributed by atoms with Gasteiger partial charge in [0.25, 0.3) is 0 Å². The summed E-state index contributed by atoms with van der Waals surface area (Å²) >= 11 is 0. The molecular formula is C18H33N3. The molecule has 2 atom stereocenters. The predicted molar refractivity (Wildman–Crippen MR) is 88.1 cm³/mol. The topological polar surface area (TPSA) is 39.1 Å². The first kappa shape index (κ1) is 16.8. The predicted octanol–water partition coefficient (Wildman–Crippen LogP) is 3.70. The number of nitrogens with one attached hydrogen (secondary N) is 1. The van der Waals surface area contributed by atoms with Crippen molar-refractivity contribution in [3.63, 3.8) is 0 Å². The third-order valence-electron chi connectivity index (χ3n) is 6.00. The van der Waals surface area contributed by atoms with Crippen LogP contribution in [0.4, 0.5) is 0 Å². The van der Waals surface area contributed by atoms with Gasteiger partial charge in [0, 0.05) is 12.1 Å². The zero-order valence-corrected chi connectivity index (χ0v) is 14.2. The van der Waals surface area contributed by atoms with Gasteiger partial charge >= 0.3 is 0 Å². The molecule has 2 aliphatic rings. The Kier molecular flexibility index (Phi) is 6.08. The van der Waals surface area contributed by atoms with Crippen molar-refractivity contribution in [2.24, 2.45) is 5.92 Å². The smallest absolute Gasteiger partial charge is 0.108 e. The highest BCUT2D eigenvalue weighted by Gasteiger charge is 2.39. The number of nitriles is 1. The minimum atomic E-state index is -0.271. The van der Waals surface area contributed by atoms with Crippen molar-refractivity contribution in [2.45, 2.75) is 89.3 Å². The molecule has 0 saturated heterocycles. The van der Waals surface area contributed by atoms with Crippen LogP contribution in [0.5, 0.6) is 0 Å². The van der Waals surface area contributed by atoms with Gasteiger partial charge in [-0.2, -0.15) is 5.26 Å². The summed E-state index contributed by atoms with van der Waals surface area (Å²) in [5.41, 5.74) is -0.271. The van der Waals surface area contributed by atoms with Gasteiger partial charge < -0.3 is 4.90 Å². The Morgan fingerprint density at radius 2 is 1.86 bits per heavy atom. The normalized spacial score (nSPS) is 37.4. The maximum absolute atomic E-state index is 9.62. The molecule has 0 amide bonds. The van der Waals surface area contributed by atoms with E-state index in [1.165, 1.54) is 44.9 Å². The summed E-state index contributed by atoms with van der Waals surface area (Å²) in [6.07, 6.45) is 11.3. The van der Waals surface area contributed by atoms with Gasteiger partial charge in [0.1, 0.15) is 5.54 Å². The fourth-order valence-corrected chi connectivity index (χ4v) is 4.49. The molecule has 2 fully saturated rings. The van der Waals surface area contributed by atoms with Gasteiger partial charge in [-0.25, -0.2) is 0 Å². The zero-order valence-electron chi connectivity index (χ0n) is 14.2. The van der Waals surface area contributed by atoms with E-state index in [0.717, 1.165) is 31.3 Å². The van der Waals surface area contributed by atoms with Gasteiger partial charge in [-0.3, -0.25) is 5.32 Å². The van der Waals surface area contributed by atoms with Crippen LogP contribution in [0.15, 0.2) is 0 Å². The van der Waals surface area contributed by atoms with Crippen molar-refractivity contribution >= 4 is 0 Å². The first-order valence-electron chi connectivity index (χ1n) is 9.02. The molecule has 0 aliphatic heterocycles. The molecule has 0 heterocycles. The Hall–Kier alpha value is -0.590. The second kappa shape index (κ2) is 7.61. The van der Waals surface area contributed by atoms with Crippen molar-refractivity contribution < 1.29 is 0 Å². The standard InChI is InChI=1S/C18H33N3/c1-4-15-8-10-16(11-9-15)21(3)17-7-6-12-18(13-17,14-19)20-5-2/h15-17,20H,4-13H2,1-3H3. The van der Waals surface area contributed by atoms with Crippen LogP contribution in [-0.4, -0.2) is 36.1 Å². The summed E-state index contributed by atoms with van der Waals surface area (Å²) < 4.78 is 0.